The summed E-state index contributed by atoms with van der Waals surface area (Å²) < 4.78 is 41.5. The minimum Gasteiger partial charge on any atom is -0.347 e. The molecule has 0 fully saturated rings. The van der Waals surface area contributed by atoms with Crippen molar-refractivity contribution in [3.63, 3.8) is 0 Å². The summed E-state index contributed by atoms with van der Waals surface area (Å²) in [6.07, 6.45) is -2.04. The minimum atomic E-state index is -4.56. The molecule has 3 aromatic rings. The lowest BCUT2D eigenvalue weighted by Gasteiger charge is -2.11. The molecule has 5 heteroatoms. The molecule has 1 heterocycles. The van der Waals surface area contributed by atoms with Crippen LogP contribution in [0.1, 0.15) is 34.8 Å². The Balaban J connectivity index is 2.17. The first kappa shape index (κ1) is 16.3. The lowest BCUT2D eigenvalue weighted by molar-refractivity contribution is -0.137. The Kier molecular flexibility index (Phi) is 4.18. The molecule has 3 rings (SSSR count). The average molecular weight is 331 g/mol. The van der Waals surface area contributed by atoms with Gasteiger partial charge in [-0.3, -0.25) is 4.79 Å². The molecule has 0 aliphatic carbocycles. The SMILES string of the molecule is CCCn1cc(C(=O)c2ccccc2C(F)(F)F)c2ccccc21. The van der Waals surface area contributed by atoms with Gasteiger partial charge in [-0.15, -0.1) is 0 Å². The lowest BCUT2D eigenvalue weighted by Crippen LogP contribution is -2.13. The summed E-state index contributed by atoms with van der Waals surface area (Å²) in [4.78, 5) is 12.8. The number of hydrogen-bond acceptors (Lipinski definition) is 1. The third kappa shape index (κ3) is 2.82. The van der Waals surface area contributed by atoms with E-state index in [-0.39, 0.29) is 5.56 Å². The van der Waals surface area contributed by atoms with Gasteiger partial charge in [0.15, 0.2) is 5.78 Å². The first-order valence-corrected chi connectivity index (χ1v) is 7.72. The summed E-state index contributed by atoms with van der Waals surface area (Å²) >= 11 is 0. The number of carbonyl (C=O) groups is 1. The van der Waals surface area contributed by atoms with E-state index < -0.39 is 17.5 Å². The molecule has 0 N–H and O–H groups in total. The topological polar surface area (TPSA) is 22.0 Å². The number of aromatic nitrogens is 1. The van der Waals surface area contributed by atoms with Crippen LogP contribution in [0, 0.1) is 0 Å². The summed E-state index contributed by atoms with van der Waals surface area (Å²) in [5, 5.41) is 0.674. The molecule has 2 nitrogen and oxygen atoms in total. The number of hydrogen-bond donors (Lipinski definition) is 0. The van der Waals surface area contributed by atoms with Crippen molar-refractivity contribution >= 4 is 16.7 Å². The number of carbonyl (C=O) groups excluding carboxylic acids is 1. The largest absolute Gasteiger partial charge is 0.417 e. The van der Waals surface area contributed by atoms with Gasteiger partial charge in [0, 0.05) is 34.8 Å². The van der Waals surface area contributed by atoms with Crippen LogP contribution in [-0.2, 0) is 12.7 Å². The summed E-state index contributed by atoms with van der Waals surface area (Å²) in [5.74, 6) is -0.603. The van der Waals surface area contributed by atoms with Gasteiger partial charge in [-0.1, -0.05) is 43.3 Å². The van der Waals surface area contributed by atoms with Crippen LogP contribution in [0.4, 0.5) is 13.2 Å². The Morgan fingerprint density at radius 2 is 1.67 bits per heavy atom. The van der Waals surface area contributed by atoms with Gasteiger partial charge < -0.3 is 4.57 Å². The van der Waals surface area contributed by atoms with Crippen molar-refractivity contribution < 1.29 is 18.0 Å². The number of halogens is 3. The first-order chi connectivity index (χ1) is 11.4. The van der Waals surface area contributed by atoms with Crippen LogP contribution in [0.5, 0.6) is 0 Å². The fourth-order valence-corrected chi connectivity index (χ4v) is 2.93. The van der Waals surface area contributed by atoms with E-state index in [1.54, 1.807) is 18.3 Å². The van der Waals surface area contributed by atoms with Gasteiger partial charge in [0.05, 0.1) is 5.56 Å². The van der Waals surface area contributed by atoms with Crippen LogP contribution in [0.2, 0.25) is 0 Å². The van der Waals surface area contributed by atoms with E-state index >= 15 is 0 Å². The highest BCUT2D eigenvalue weighted by Gasteiger charge is 2.35. The number of fused-ring (bicyclic) bond motifs is 1. The summed E-state index contributed by atoms with van der Waals surface area (Å²) in [7, 11) is 0. The molecule has 0 amide bonds. The van der Waals surface area contributed by atoms with Crippen molar-refractivity contribution in [1.82, 2.24) is 4.57 Å². The van der Waals surface area contributed by atoms with Gasteiger partial charge in [0.2, 0.25) is 0 Å². The molecule has 0 atom stereocenters. The minimum absolute atomic E-state index is 0.302. The quantitative estimate of drug-likeness (QED) is 0.595. The maximum Gasteiger partial charge on any atom is 0.417 e. The predicted molar refractivity (Wildman–Crippen MR) is 87.1 cm³/mol. The number of rotatable bonds is 4. The number of aryl methyl sites for hydroxylation is 1. The van der Waals surface area contributed by atoms with E-state index in [0.717, 1.165) is 18.0 Å². The van der Waals surface area contributed by atoms with Gasteiger partial charge in [-0.05, 0) is 18.6 Å². The summed E-state index contributed by atoms with van der Waals surface area (Å²) in [6.45, 7) is 2.71. The lowest BCUT2D eigenvalue weighted by atomic mass is 9.98. The van der Waals surface area contributed by atoms with Crippen molar-refractivity contribution in [1.29, 1.82) is 0 Å². The zero-order valence-corrected chi connectivity index (χ0v) is 13.1. The van der Waals surface area contributed by atoms with Gasteiger partial charge in [0.1, 0.15) is 0 Å². The molecule has 0 aliphatic heterocycles. The van der Waals surface area contributed by atoms with E-state index in [4.69, 9.17) is 0 Å². The second-order valence-electron chi connectivity index (χ2n) is 5.63. The summed E-state index contributed by atoms with van der Waals surface area (Å²) in [6, 6.07) is 12.2. The average Bonchev–Trinajstić information content (AvgIpc) is 2.93. The maximum absolute atomic E-state index is 13.2. The van der Waals surface area contributed by atoms with Crippen molar-refractivity contribution in [2.45, 2.75) is 26.1 Å². The van der Waals surface area contributed by atoms with Crippen molar-refractivity contribution in [3.05, 3.63) is 71.4 Å². The normalized spacial score (nSPS) is 11.8. The van der Waals surface area contributed by atoms with Crippen LogP contribution < -0.4 is 0 Å². The molecule has 0 bridgehead atoms. The third-order valence-electron chi connectivity index (χ3n) is 3.97. The highest BCUT2D eigenvalue weighted by Crippen LogP contribution is 2.34. The van der Waals surface area contributed by atoms with Gasteiger partial charge >= 0.3 is 6.18 Å². The van der Waals surface area contributed by atoms with E-state index in [0.29, 0.717) is 17.5 Å². The second kappa shape index (κ2) is 6.15. The highest BCUT2D eigenvalue weighted by atomic mass is 19.4. The number of alkyl halides is 3. The molecule has 124 valence electrons. The maximum atomic E-state index is 13.2. The van der Waals surface area contributed by atoms with Crippen LogP contribution >= 0.6 is 0 Å². The molecule has 2 aromatic carbocycles. The van der Waals surface area contributed by atoms with E-state index in [1.165, 1.54) is 18.2 Å². The van der Waals surface area contributed by atoms with Crippen LogP contribution in [0.15, 0.2) is 54.7 Å². The van der Waals surface area contributed by atoms with Crippen molar-refractivity contribution in [2.24, 2.45) is 0 Å². The molecule has 0 spiro atoms. The summed E-state index contributed by atoms with van der Waals surface area (Å²) in [5.41, 5.74) is -0.0605. The smallest absolute Gasteiger partial charge is 0.347 e. The highest BCUT2D eigenvalue weighted by molar-refractivity contribution is 6.17. The molecule has 0 saturated heterocycles. The van der Waals surface area contributed by atoms with Crippen LogP contribution in [0.3, 0.4) is 0 Å². The van der Waals surface area contributed by atoms with Crippen LogP contribution in [0.25, 0.3) is 10.9 Å². The Morgan fingerprint density at radius 1 is 1.00 bits per heavy atom. The molecule has 0 saturated carbocycles. The van der Waals surface area contributed by atoms with E-state index in [2.05, 4.69) is 0 Å². The Morgan fingerprint density at radius 3 is 2.38 bits per heavy atom. The Hall–Kier alpha value is -2.56. The third-order valence-corrected chi connectivity index (χ3v) is 3.97. The molecule has 0 aliphatic rings. The monoisotopic (exact) mass is 331 g/mol. The molecule has 1 aromatic heterocycles. The first-order valence-electron chi connectivity index (χ1n) is 7.72. The van der Waals surface area contributed by atoms with E-state index in [1.807, 2.05) is 23.6 Å². The van der Waals surface area contributed by atoms with Crippen molar-refractivity contribution in [3.8, 4) is 0 Å². The Labute approximate surface area is 137 Å². The number of benzene rings is 2. The molecule has 24 heavy (non-hydrogen) atoms. The zero-order valence-electron chi connectivity index (χ0n) is 13.1. The molecule has 0 unspecified atom stereocenters. The fraction of sp³-hybridized carbons (Fsp3) is 0.211. The molecular formula is C19H16F3NO. The van der Waals surface area contributed by atoms with Gasteiger partial charge in [-0.25, -0.2) is 0 Å². The van der Waals surface area contributed by atoms with E-state index in [9.17, 15) is 18.0 Å². The number of nitrogens with zero attached hydrogens (tertiary/aromatic N) is 1. The number of ketones is 1. The fourth-order valence-electron chi connectivity index (χ4n) is 2.93. The standard InChI is InChI=1S/C19H16F3NO/c1-2-11-23-12-15(13-7-4-6-10-17(13)23)18(24)14-8-3-5-9-16(14)19(20,21)22/h3-10,12H,2,11H2,1H3. The predicted octanol–water partition coefficient (Wildman–Crippen LogP) is 5.30. The van der Waals surface area contributed by atoms with Gasteiger partial charge in [-0.2, -0.15) is 13.2 Å². The molecular weight excluding hydrogens is 315 g/mol. The van der Waals surface area contributed by atoms with Gasteiger partial charge in [0.25, 0.3) is 0 Å². The number of para-hydroxylation sites is 1. The molecule has 0 radical (unpaired) electrons. The van der Waals surface area contributed by atoms with Crippen LogP contribution in [-0.4, -0.2) is 10.4 Å². The Bertz CT molecular complexity index is 893. The van der Waals surface area contributed by atoms with Crippen molar-refractivity contribution in [2.75, 3.05) is 0 Å². The second-order valence-corrected chi connectivity index (χ2v) is 5.63. The zero-order chi connectivity index (χ0) is 17.3.